The topological polar surface area (TPSA) is 90.0 Å². The number of carbonyl (C=O) groups is 2. The highest BCUT2D eigenvalue weighted by atomic mass is 79.9. The van der Waals surface area contributed by atoms with E-state index < -0.39 is 28.7 Å². The van der Waals surface area contributed by atoms with Crippen LogP contribution < -0.4 is 9.62 Å². The molecule has 0 saturated heterocycles. The van der Waals surface area contributed by atoms with E-state index in [1.807, 2.05) is 94.4 Å². The minimum atomic E-state index is -4.05. The molecule has 3 aromatic rings. The molecule has 0 bridgehead atoms. The van der Waals surface area contributed by atoms with Gasteiger partial charge in [-0.15, -0.1) is 0 Å². The summed E-state index contributed by atoms with van der Waals surface area (Å²) in [5.41, 5.74) is 3.69. The Kier molecular flexibility index (Phi) is 11.1. The highest BCUT2D eigenvalue weighted by Gasteiger charge is 2.35. The summed E-state index contributed by atoms with van der Waals surface area (Å²) < 4.78 is 30.3. The maximum absolute atomic E-state index is 14.3. The molecule has 0 aromatic heterocycles. The molecule has 0 radical (unpaired) electrons. The second kappa shape index (κ2) is 14.1. The van der Waals surface area contributed by atoms with E-state index in [-0.39, 0.29) is 24.9 Å². The van der Waals surface area contributed by atoms with E-state index in [9.17, 15) is 18.0 Å². The van der Waals surface area contributed by atoms with Crippen LogP contribution in [0.5, 0.6) is 0 Å². The Hall–Kier alpha value is -3.21. The number of amides is 2. The van der Waals surface area contributed by atoms with E-state index in [2.05, 4.69) is 21.2 Å². The van der Waals surface area contributed by atoms with Gasteiger partial charge in [0.2, 0.25) is 11.8 Å². The van der Waals surface area contributed by atoms with Gasteiger partial charge in [-0.05, 0) is 68.1 Å². The number of rotatable bonds is 12. The zero-order valence-electron chi connectivity index (χ0n) is 24.5. The Morgan fingerprint density at radius 2 is 1.54 bits per heavy atom. The summed E-state index contributed by atoms with van der Waals surface area (Å²) in [5.74, 6) is -0.790. The largest absolute Gasteiger partial charge is 0.352 e. The first-order valence-corrected chi connectivity index (χ1v) is 15.6. The van der Waals surface area contributed by atoms with E-state index in [0.717, 1.165) is 29.8 Å². The normalized spacial score (nSPS) is 12.3. The molecule has 10 heteroatoms. The quantitative estimate of drug-likeness (QED) is 0.306. The van der Waals surface area contributed by atoms with Crippen LogP contribution in [-0.2, 0) is 32.8 Å². The van der Waals surface area contributed by atoms with Crippen molar-refractivity contribution in [3.05, 3.63) is 99.5 Å². The van der Waals surface area contributed by atoms with Crippen molar-refractivity contribution in [3.63, 3.8) is 0 Å². The Morgan fingerprint density at radius 3 is 2.12 bits per heavy atom. The molecule has 0 fully saturated rings. The fourth-order valence-corrected chi connectivity index (χ4v) is 5.79. The van der Waals surface area contributed by atoms with E-state index in [1.54, 1.807) is 6.07 Å². The molecule has 3 rings (SSSR count). The average molecular weight is 644 g/mol. The smallest absolute Gasteiger partial charge is 0.304 e. The number of benzene rings is 3. The van der Waals surface area contributed by atoms with Crippen molar-refractivity contribution in [3.8, 4) is 0 Å². The van der Waals surface area contributed by atoms with Crippen LogP contribution in [0, 0.1) is 13.8 Å². The van der Waals surface area contributed by atoms with Crippen LogP contribution in [0.3, 0.4) is 0 Å². The summed E-state index contributed by atoms with van der Waals surface area (Å²) in [6.45, 7) is 7.07. The number of nitrogens with one attached hydrogen (secondary N) is 1. The van der Waals surface area contributed by atoms with Gasteiger partial charge in [-0.2, -0.15) is 12.7 Å². The molecule has 0 aliphatic rings. The van der Waals surface area contributed by atoms with Crippen molar-refractivity contribution in [1.82, 2.24) is 14.5 Å². The maximum atomic E-state index is 14.3. The lowest BCUT2D eigenvalue weighted by Gasteiger charge is -2.35. The summed E-state index contributed by atoms with van der Waals surface area (Å²) in [5, 5.41) is 2.96. The van der Waals surface area contributed by atoms with Crippen LogP contribution in [0.1, 0.15) is 36.1 Å². The number of halogens is 1. The molecule has 2 amide bonds. The number of carbonyl (C=O) groups excluding carboxylic acids is 2. The number of hydrogen-bond donors (Lipinski definition) is 1. The first kappa shape index (κ1) is 32.3. The SMILES string of the molecule is Cc1ccc(C)c(N(CC(=O)N(Cc2ccc(Br)cc2)[C@H](Cc2ccccc2)C(=O)NC(C)C)S(=O)(=O)N(C)C)c1. The molecule has 1 atom stereocenters. The van der Waals surface area contributed by atoms with Gasteiger partial charge in [-0.25, -0.2) is 4.31 Å². The first-order chi connectivity index (χ1) is 19.3. The second-order valence-corrected chi connectivity index (χ2v) is 13.6. The second-order valence-electron chi connectivity index (χ2n) is 10.6. The third-order valence-corrected chi connectivity index (χ3v) is 8.95. The highest BCUT2D eigenvalue weighted by Crippen LogP contribution is 2.26. The number of aryl methyl sites for hydroxylation is 2. The lowest BCUT2D eigenvalue weighted by atomic mass is 10.0. The van der Waals surface area contributed by atoms with Gasteiger partial charge in [0.1, 0.15) is 12.6 Å². The van der Waals surface area contributed by atoms with Gasteiger partial charge in [0, 0.05) is 37.6 Å². The predicted molar refractivity (Wildman–Crippen MR) is 168 cm³/mol. The molecule has 0 aliphatic carbocycles. The molecule has 0 spiro atoms. The molecule has 0 aliphatic heterocycles. The van der Waals surface area contributed by atoms with Gasteiger partial charge in [0.05, 0.1) is 5.69 Å². The molecule has 0 unspecified atom stereocenters. The molecule has 0 saturated carbocycles. The molecular formula is C31H39BrN4O4S. The van der Waals surface area contributed by atoms with Gasteiger partial charge in [0.15, 0.2) is 0 Å². The van der Waals surface area contributed by atoms with Crippen LogP contribution in [0.25, 0.3) is 0 Å². The van der Waals surface area contributed by atoms with Crippen LogP contribution in [0.2, 0.25) is 0 Å². The fourth-order valence-electron chi connectivity index (χ4n) is 4.41. The van der Waals surface area contributed by atoms with Gasteiger partial charge in [-0.3, -0.25) is 9.59 Å². The van der Waals surface area contributed by atoms with Crippen LogP contribution >= 0.6 is 15.9 Å². The molecule has 0 heterocycles. The molecule has 1 N–H and O–H groups in total. The highest BCUT2D eigenvalue weighted by molar-refractivity contribution is 9.10. The monoisotopic (exact) mass is 642 g/mol. The Bertz CT molecular complexity index is 1440. The van der Waals surface area contributed by atoms with Crippen LogP contribution in [-0.4, -0.2) is 62.2 Å². The van der Waals surface area contributed by atoms with E-state index in [4.69, 9.17) is 0 Å². The zero-order valence-corrected chi connectivity index (χ0v) is 26.9. The molecule has 41 heavy (non-hydrogen) atoms. The maximum Gasteiger partial charge on any atom is 0.304 e. The minimum Gasteiger partial charge on any atom is -0.352 e. The average Bonchev–Trinajstić information content (AvgIpc) is 2.91. The van der Waals surface area contributed by atoms with Crippen molar-refractivity contribution < 1.29 is 18.0 Å². The lowest BCUT2D eigenvalue weighted by molar-refractivity contribution is -0.140. The van der Waals surface area contributed by atoms with E-state index in [1.165, 1.54) is 19.0 Å². The Morgan fingerprint density at radius 1 is 0.902 bits per heavy atom. The zero-order chi connectivity index (χ0) is 30.3. The van der Waals surface area contributed by atoms with Gasteiger partial charge in [-0.1, -0.05) is 70.5 Å². The summed E-state index contributed by atoms with van der Waals surface area (Å²) >= 11 is 3.45. The Balaban J connectivity index is 2.12. The molecule has 3 aromatic carbocycles. The van der Waals surface area contributed by atoms with Gasteiger partial charge in [0.25, 0.3) is 0 Å². The Labute approximate surface area is 252 Å². The van der Waals surface area contributed by atoms with Gasteiger partial charge >= 0.3 is 10.2 Å². The first-order valence-electron chi connectivity index (χ1n) is 13.4. The number of hydrogen-bond acceptors (Lipinski definition) is 4. The minimum absolute atomic E-state index is 0.123. The van der Waals surface area contributed by atoms with Crippen molar-refractivity contribution in [2.24, 2.45) is 0 Å². The van der Waals surface area contributed by atoms with Crippen molar-refractivity contribution in [2.45, 2.75) is 52.7 Å². The summed E-state index contributed by atoms with van der Waals surface area (Å²) in [6, 6.07) is 21.5. The summed E-state index contributed by atoms with van der Waals surface area (Å²) in [7, 11) is -1.18. The van der Waals surface area contributed by atoms with Crippen LogP contribution in [0.4, 0.5) is 5.69 Å². The lowest BCUT2D eigenvalue weighted by Crippen LogP contribution is -2.55. The van der Waals surface area contributed by atoms with Gasteiger partial charge < -0.3 is 10.2 Å². The number of nitrogens with zero attached hydrogens (tertiary/aromatic N) is 3. The standard InChI is InChI=1S/C31H39BrN4O4S/c1-22(2)33-31(38)29(19-25-10-8-7-9-11-25)35(20-26-14-16-27(32)17-15-26)30(37)21-36(41(39,40)34(5)6)28-18-23(3)12-13-24(28)4/h7-18,22,29H,19-21H2,1-6H3,(H,33,38)/t29-/m1/s1. The summed E-state index contributed by atoms with van der Waals surface area (Å²) in [4.78, 5) is 29.5. The fraction of sp³-hybridized carbons (Fsp3) is 0.355. The van der Waals surface area contributed by atoms with E-state index in [0.29, 0.717) is 11.3 Å². The predicted octanol–water partition coefficient (Wildman–Crippen LogP) is 4.84. The van der Waals surface area contributed by atoms with Crippen LogP contribution in [0.15, 0.2) is 77.3 Å². The van der Waals surface area contributed by atoms with Crippen molar-refractivity contribution >= 4 is 43.6 Å². The van der Waals surface area contributed by atoms with Crippen molar-refractivity contribution in [2.75, 3.05) is 24.9 Å². The summed E-state index contributed by atoms with van der Waals surface area (Å²) in [6.07, 6.45) is 0.269. The molecular weight excluding hydrogens is 604 g/mol. The number of anilines is 1. The molecule has 220 valence electrons. The third-order valence-electron chi connectivity index (χ3n) is 6.62. The molecule has 8 nitrogen and oxygen atoms in total. The van der Waals surface area contributed by atoms with Crippen molar-refractivity contribution in [1.29, 1.82) is 0 Å². The third kappa shape index (κ3) is 8.64. The van der Waals surface area contributed by atoms with E-state index >= 15 is 0 Å².